The first-order valence-corrected chi connectivity index (χ1v) is 11.0. The Balaban J connectivity index is 1.71. The van der Waals surface area contributed by atoms with Crippen molar-refractivity contribution in [3.05, 3.63) is 54.0 Å². The molecule has 1 saturated carbocycles. The maximum Gasteiger partial charge on any atom is 0.169 e. The van der Waals surface area contributed by atoms with Gasteiger partial charge in [0.25, 0.3) is 0 Å². The van der Waals surface area contributed by atoms with E-state index in [4.69, 9.17) is 21.4 Å². The Bertz CT molecular complexity index is 709. The van der Waals surface area contributed by atoms with Gasteiger partial charge in [0.15, 0.2) is 5.11 Å². The topological polar surface area (TPSA) is 37.6 Å². The Morgan fingerprint density at radius 1 is 1.07 bits per heavy atom. The van der Waals surface area contributed by atoms with Gasteiger partial charge in [-0.2, -0.15) is 0 Å². The molecule has 1 N–H and O–H groups in total. The van der Waals surface area contributed by atoms with Crippen LogP contribution in [0.15, 0.2) is 47.1 Å². The van der Waals surface area contributed by atoms with Crippen LogP contribution in [0.4, 0.5) is 0 Å². The number of hydrogen-bond donors (Lipinski definition) is 1. The summed E-state index contributed by atoms with van der Waals surface area (Å²) in [6.45, 7) is 4.00. The van der Waals surface area contributed by atoms with Gasteiger partial charge in [0.2, 0.25) is 0 Å². The molecule has 0 radical (unpaired) electrons. The Labute approximate surface area is 174 Å². The lowest BCUT2D eigenvalue weighted by molar-refractivity contribution is 0.313. The van der Waals surface area contributed by atoms with Gasteiger partial charge in [-0.25, -0.2) is 0 Å². The fourth-order valence-corrected chi connectivity index (χ4v) is 4.09. The van der Waals surface area contributed by atoms with E-state index >= 15 is 0 Å². The molecule has 1 aromatic heterocycles. The van der Waals surface area contributed by atoms with Crippen molar-refractivity contribution < 1.29 is 9.15 Å². The summed E-state index contributed by atoms with van der Waals surface area (Å²) in [5.41, 5.74) is 1.14. The van der Waals surface area contributed by atoms with E-state index in [1.165, 1.54) is 44.9 Å². The van der Waals surface area contributed by atoms with Gasteiger partial charge in [0, 0.05) is 18.2 Å². The molecule has 0 bridgehead atoms. The third-order valence-electron chi connectivity index (χ3n) is 5.28. The Kier molecular flexibility index (Phi) is 8.22. The second-order valence-corrected chi connectivity index (χ2v) is 7.85. The highest BCUT2D eigenvalue weighted by Gasteiger charge is 2.19. The van der Waals surface area contributed by atoms with Crippen LogP contribution in [0.25, 0.3) is 0 Å². The molecule has 0 saturated heterocycles. The number of hydrogen-bond acceptors (Lipinski definition) is 3. The molecule has 5 heteroatoms. The van der Waals surface area contributed by atoms with Crippen molar-refractivity contribution in [3.63, 3.8) is 0 Å². The molecule has 1 aliphatic rings. The van der Waals surface area contributed by atoms with E-state index < -0.39 is 0 Å². The maximum absolute atomic E-state index is 5.85. The van der Waals surface area contributed by atoms with Crippen molar-refractivity contribution in [2.75, 3.05) is 6.61 Å². The fraction of sp³-hybridized carbons (Fsp3) is 0.522. The number of furan rings is 1. The van der Waals surface area contributed by atoms with Gasteiger partial charge in [-0.1, -0.05) is 50.3 Å². The van der Waals surface area contributed by atoms with Crippen LogP contribution >= 0.6 is 12.2 Å². The molecule has 1 aromatic carbocycles. The molecule has 0 amide bonds. The summed E-state index contributed by atoms with van der Waals surface area (Å²) in [5.74, 6) is 1.83. The molecule has 3 rings (SSSR count). The Hall–Kier alpha value is -2.01. The lowest BCUT2D eigenvalue weighted by Crippen LogP contribution is -2.44. The molecule has 0 aliphatic heterocycles. The SMILES string of the molecule is CCOc1ccccc1CN(Cc1ccco1)C(=S)NC1CCCCCCC1. The van der Waals surface area contributed by atoms with Gasteiger partial charge < -0.3 is 19.4 Å². The summed E-state index contributed by atoms with van der Waals surface area (Å²) in [7, 11) is 0. The highest BCUT2D eigenvalue weighted by atomic mass is 32.1. The first kappa shape index (κ1) is 20.7. The standard InChI is InChI=1S/C23H32N2O2S/c1-2-26-22-15-9-8-11-19(22)17-25(18-21-14-10-16-27-21)23(28)24-20-12-6-4-3-5-7-13-20/h8-11,14-16,20H,2-7,12-13,17-18H2,1H3,(H,24,28). The summed E-state index contributed by atoms with van der Waals surface area (Å²) in [4.78, 5) is 2.19. The minimum Gasteiger partial charge on any atom is -0.494 e. The molecule has 4 nitrogen and oxygen atoms in total. The summed E-state index contributed by atoms with van der Waals surface area (Å²) in [5, 5.41) is 4.45. The number of ether oxygens (including phenoxy) is 1. The van der Waals surface area contributed by atoms with Gasteiger partial charge in [0.05, 0.1) is 19.4 Å². The first-order chi connectivity index (χ1) is 13.8. The van der Waals surface area contributed by atoms with Crippen LogP contribution in [0.1, 0.15) is 63.2 Å². The van der Waals surface area contributed by atoms with E-state index in [-0.39, 0.29) is 0 Å². The van der Waals surface area contributed by atoms with E-state index in [1.54, 1.807) is 6.26 Å². The highest BCUT2D eigenvalue weighted by molar-refractivity contribution is 7.80. The molecule has 1 fully saturated rings. The molecule has 2 aromatic rings. The highest BCUT2D eigenvalue weighted by Crippen LogP contribution is 2.22. The maximum atomic E-state index is 5.85. The lowest BCUT2D eigenvalue weighted by atomic mass is 9.97. The quantitative estimate of drug-likeness (QED) is 0.606. The zero-order valence-electron chi connectivity index (χ0n) is 16.9. The zero-order valence-corrected chi connectivity index (χ0v) is 17.7. The molecule has 1 aliphatic carbocycles. The second kappa shape index (κ2) is 11.1. The lowest BCUT2D eigenvalue weighted by Gasteiger charge is -2.30. The van der Waals surface area contributed by atoms with Gasteiger partial charge in [0.1, 0.15) is 11.5 Å². The summed E-state index contributed by atoms with van der Waals surface area (Å²) >= 11 is 5.85. The van der Waals surface area contributed by atoms with E-state index in [0.29, 0.717) is 25.7 Å². The second-order valence-electron chi connectivity index (χ2n) is 7.47. The van der Waals surface area contributed by atoms with Crippen LogP contribution in [-0.4, -0.2) is 22.7 Å². The average Bonchev–Trinajstić information content (AvgIpc) is 3.18. The van der Waals surface area contributed by atoms with Crippen LogP contribution in [0, 0.1) is 0 Å². The summed E-state index contributed by atoms with van der Waals surface area (Å²) in [6.07, 6.45) is 10.7. The molecule has 28 heavy (non-hydrogen) atoms. The third kappa shape index (κ3) is 6.26. The van der Waals surface area contributed by atoms with Crippen LogP contribution in [-0.2, 0) is 13.1 Å². The van der Waals surface area contributed by atoms with Crippen LogP contribution in [0.5, 0.6) is 5.75 Å². The van der Waals surface area contributed by atoms with Crippen molar-refractivity contribution in [2.24, 2.45) is 0 Å². The molecule has 1 heterocycles. The predicted octanol–water partition coefficient (Wildman–Crippen LogP) is 5.67. The minimum atomic E-state index is 0.467. The van der Waals surface area contributed by atoms with Crippen LogP contribution < -0.4 is 10.1 Å². The van der Waals surface area contributed by atoms with Crippen molar-refractivity contribution >= 4 is 17.3 Å². The van der Waals surface area contributed by atoms with Crippen LogP contribution in [0.2, 0.25) is 0 Å². The number of para-hydroxylation sites is 1. The normalized spacial score (nSPS) is 15.5. The van der Waals surface area contributed by atoms with Crippen molar-refractivity contribution in [3.8, 4) is 5.75 Å². The molecule has 0 atom stereocenters. The van der Waals surface area contributed by atoms with Gasteiger partial charge in [-0.3, -0.25) is 0 Å². The molecular formula is C23H32N2O2S. The first-order valence-electron chi connectivity index (χ1n) is 10.5. The number of rotatable bonds is 7. The predicted molar refractivity (Wildman–Crippen MR) is 117 cm³/mol. The number of thiocarbonyl (C=S) groups is 1. The average molecular weight is 401 g/mol. The van der Waals surface area contributed by atoms with E-state index in [9.17, 15) is 0 Å². The van der Waals surface area contributed by atoms with Crippen molar-refractivity contribution in [2.45, 2.75) is 71.0 Å². The van der Waals surface area contributed by atoms with Crippen molar-refractivity contribution in [1.29, 1.82) is 0 Å². The molecule has 0 spiro atoms. The molecule has 0 unspecified atom stereocenters. The zero-order chi connectivity index (χ0) is 19.6. The monoisotopic (exact) mass is 400 g/mol. The molecular weight excluding hydrogens is 368 g/mol. The Morgan fingerprint density at radius 3 is 2.54 bits per heavy atom. The number of nitrogens with zero attached hydrogens (tertiary/aromatic N) is 1. The Morgan fingerprint density at radius 2 is 1.82 bits per heavy atom. The third-order valence-corrected chi connectivity index (χ3v) is 5.66. The van der Waals surface area contributed by atoms with E-state index in [0.717, 1.165) is 22.2 Å². The van der Waals surface area contributed by atoms with Gasteiger partial charge in [-0.15, -0.1) is 0 Å². The summed E-state index contributed by atoms with van der Waals surface area (Å²) in [6, 6.07) is 12.6. The van der Waals surface area contributed by atoms with E-state index in [2.05, 4.69) is 16.3 Å². The largest absolute Gasteiger partial charge is 0.494 e. The van der Waals surface area contributed by atoms with E-state index in [1.807, 2.05) is 37.3 Å². The fourth-order valence-electron chi connectivity index (χ4n) is 3.79. The smallest absolute Gasteiger partial charge is 0.169 e. The van der Waals surface area contributed by atoms with Gasteiger partial charge >= 0.3 is 0 Å². The van der Waals surface area contributed by atoms with Gasteiger partial charge in [-0.05, 0) is 50.2 Å². The van der Waals surface area contributed by atoms with Crippen LogP contribution in [0.3, 0.4) is 0 Å². The molecule has 152 valence electrons. The summed E-state index contributed by atoms with van der Waals surface area (Å²) < 4.78 is 11.4. The minimum absolute atomic E-state index is 0.467. The number of benzene rings is 1. The number of nitrogens with one attached hydrogen (secondary N) is 1. The van der Waals surface area contributed by atoms with Crippen molar-refractivity contribution in [1.82, 2.24) is 10.2 Å².